The first kappa shape index (κ1) is 12.4. The lowest BCUT2D eigenvalue weighted by atomic mass is 9.41. The van der Waals surface area contributed by atoms with E-state index >= 15 is 0 Å². The Morgan fingerprint density at radius 3 is 2.62 bits per heavy atom. The second-order valence-corrected chi connectivity index (χ2v) is 6.16. The van der Waals surface area contributed by atoms with Gasteiger partial charge in [-0.05, 0) is 6.92 Å². The summed E-state index contributed by atoms with van der Waals surface area (Å²) in [5.41, 5.74) is -0.651. The summed E-state index contributed by atoms with van der Waals surface area (Å²) in [6, 6.07) is 4.31. The van der Waals surface area contributed by atoms with Crippen LogP contribution < -0.4 is 0 Å². The van der Waals surface area contributed by atoms with Crippen molar-refractivity contribution in [2.75, 3.05) is 14.2 Å². The molecule has 5 rings (SSSR count). The zero-order chi connectivity index (χ0) is 15.0. The summed E-state index contributed by atoms with van der Waals surface area (Å²) in [5, 5.41) is 19.3. The van der Waals surface area contributed by atoms with Crippen molar-refractivity contribution >= 4 is 11.8 Å². The number of ether oxygens (including phenoxy) is 2. The lowest BCUT2D eigenvalue weighted by Crippen LogP contribution is -2.70. The van der Waals surface area contributed by atoms with Crippen LogP contribution in [0.5, 0.6) is 0 Å². The molecular weight excluding hydrogens is 268 g/mol. The Balaban J connectivity index is 2.03. The maximum atomic E-state index is 9.87. The quantitative estimate of drug-likeness (QED) is 0.664. The minimum atomic E-state index is -0.826. The van der Waals surface area contributed by atoms with E-state index in [1.807, 2.05) is 13.0 Å². The third kappa shape index (κ3) is 1.00. The first-order valence-electron chi connectivity index (χ1n) is 6.87. The third-order valence-electron chi connectivity index (χ3n) is 5.57. The van der Waals surface area contributed by atoms with Crippen LogP contribution in [0.15, 0.2) is 21.6 Å². The molecule has 2 aliphatic carbocycles. The van der Waals surface area contributed by atoms with E-state index < -0.39 is 11.0 Å². The second-order valence-electron chi connectivity index (χ2n) is 6.16. The topological polar surface area (TPSA) is 90.8 Å². The summed E-state index contributed by atoms with van der Waals surface area (Å²) in [6.45, 7) is 2.03. The van der Waals surface area contributed by atoms with Crippen LogP contribution in [-0.2, 0) is 9.47 Å². The van der Waals surface area contributed by atoms with Gasteiger partial charge >= 0.3 is 0 Å². The molecule has 5 aliphatic rings. The van der Waals surface area contributed by atoms with Crippen LogP contribution >= 0.6 is 0 Å². The zero-order valence-electron chi connectivity index (χ0n) is 12.0. The lowest BCUT2D eigenvalue weighted by Gasteiger charge is -2.60. The molecule has 0 aromatic heterocycles. The maximum Gasteiger partial charge on any atom is 0.205 e. The molecule has 0 spiro atoms. The molecule has 3 aliphatic heterocycles. The van der Waals surface area contributed by atoms with E-state index in [2.05, 4.69) is 17.1 Å². The van der Waals surface area contributed by atoms with Crippen molar-refractivity contribution in [3.63, 3.8) is 0 Å². The molecule has 2 unspecified atom stereocenters. The number of hydrogen-bond acceptors (Lipinski definition) is 6. The van der Waals surface area contributed by atoms with E-state index in [1.165, 1.54) is 7.11 Å². The molecule has 6 atom stereocenters. The average Bonchev–Trinajstić information content (AvgIpc) is 2.62. The predicted molar refractivity (Wildman–Crippen MR) is 73.3 cm³/mol. The van der Waals surface area contributed by atoms with E-state index in [9.17, 15) is 10.5 Å². The van der Waals surface area contributed by atoms with Crippen LogP contribution in [0.1, 0.15) is 6.92 Å². The van der Waals surface area contributed by atoms with E-state index in [4.69, 9.17) is 14.5 Å². The Kier molecular flexibility index (Phi) is 2.04. The van der Waals surface area contributed by atoms with Crippen molar-refractivity contribution < 1.29 is 9.47 Å². The minimum absolute atomic E-state index is 0.0468. The lowest BCUT2D eigenvalue weighted by molar-refractivity contribution is -0.0396. The van der Waals surface area contributed by atoms with E-state index in [0.717, 1.165) is 0 Å². The molecule has 0 aromatic carbocycles. The van der Waals surface area contributed by atoms with Crippen molar-refractivity contribution in [1.29, 1.82) is 10.5 Å². The van der Waals surface area contributed by atoms with Crippen LogP contribution in [-0.4, -0.2) is 37.6 Å². The third-order valence-corrected chi connectivity index (χ3v) is 5.57. The van der Waals surface area contributed by atoms with Gasteiger partial charge in [-0.1, -0.05) is 6.08 Å². The second kappa shape index (κ2) is 3.46. The monoisotopic (exact) mass is 282 g/mol. The maximum absolute atomic E-state index is 9.87. The van der Waals surface area contributed by atoms with Crippen LogP contribution in [0.3, 0.4) is 0 Å². The highest BCUT2D eigenvalue weighted by atomic mass is 16.5. The molecule has 0 radical (unpaired) electrons. The largest absolute Gasteiger partial charge is 0.484 e. The van der Waals surface area contributed by atoms with Crippen molar-refractivity contribution in [1.82, 2.24) is 0 Å². The van der Waals surface area contributed by atoms with Gasteiger partial charge in [0, 0.05) is 11.8 Å². The normalized spacial score (nSPS) is 48.0. The van der Waals surface area contributed by atoms with Gasteiger partial charge in [-0.3, -0.25) is 0 Å². The SMILES string of the molecule is COC1=N[C@]2(C)C3C1[C@@H]1N=C(OC)[C@@]3(C#N)[C@H]2C=C1C#N. The number of aliphatic imine (C=N–C) groups is 2. The molecule has 1 saturated carbocycles. The van der Waals surface area contributed by atoms with Gasteiger partial charge in [0.05, 0.1) is 49.4 Å². The van der Waals surface area contributed by atoms with Crippen molar-refractivity contribution in [2.45, 2.75) is 18.5 Å². The van der Waals surface area contributed by atoms with Crippen LogP contribution in [0.2, 0.25) is 0 Å². The Labute approximate surface area is 122 Å². The van der Waals surface area contributed by atoms with Crippen LogP contribution in [0, 0.1) is 45.8 Å². The number of nitriles is 2. The summed E-state index contributed by atoms with van der Waals surface area (Å²) < 4.78 is 10.9. The molecule has 6 nitrogen and oxygen atoms in total. The zero-order valence-corrected chi connectivity index (χ0v) is 12.0. The molecule has 0 saturated heterocycles. The molecular formula is C15H14N4O2. The van der Waals surface area contributed by atoms with Gasteiger partial charge in [-0.25, -0.2) is 9.98 Å². The molecule has 3 heterocycles. The summed E-state index contributed by atoms with van der Waals surface area (Å²) in [7, 11) is 3.12. The molecule has 106 valence electrons. The van der Waals surface area contributed by atoms with Crippen molar-refractivity contribution in [3.05, 3.63) is 11.6 Å². The van der Waals surface area contributed by atoms with Gasteiger partial charge in [-0.2, -0.15) is 10.5 Å². The minimum Gasteiger partial charge on any atom is -0.484 e. The number of hydrogen-bond donors (Lipinski definition) is 0. The summed E-state index contributed by atoms with van der Waals surface area (Å²) in [6.07, 6.45) is 1.88. The van der Waals surface area contributed by atoms with Gasteiger partial charge in [0.25, 0.3) is 0 Å². The fraction of sp³-hybridized carbons (Fsp3) is 0.600. The number of rotatable bonds is 0. The smallest absolute Gasteiger partial charge is 0.205 e. The molecule has 0 aromatic rings. The highest BCUT2D eigenvalue weighted by Gasteiger charge is 2.81. The molecule has 21 heavy (non-hydrogen) atoms. The highest BCUT2D eigenvalue weighted by Crippen LogP contribution is 2.71. The standard InChI is InChI=1S/C15H14N4O2/c1-14-8-4-7(5-16)10-9(12(19-14)20-2)11(14)15(8,6-17)13(18-10)21-3/h4,8-11H,1-3H3/t8-,9?,10+,11?,14-,15-/m0/s1. The Hall–Kier alpha value is -2.34. The summed E-state index contributed by atoms with van der Waals surface area (Å²) in [5.74, 6) is 0.649. The number of nitrogens with zero attached hydrogens (tertiary/aromatic N) is 4. The van der Waals surface area contributed by atoms with Crippen molar-refractivity contribution in [2.24, 2.45) is 33.2 Å². The molecule has 0 amide bonds. The Morgan fingerprint density at radius 2 is 2.05 bits per heavy atom. The van der Waals surface area contributed by atoms with Gasteiger partial charge in [0.2, 0.25) is 5.90 Å². The molecule has 0 N–H and O–H groups in total. The van der Waals surface area contributed by atoms with Crippen LogP contribution in [0.4, 0.5) is 0 Å². The predicted octanol–water partition coefficient (Wildman–Crippen LogP) is 1.07. The fourth-order valence-electron chi connectivity index (χ4n) is 4.88. The van der Waals surface area contributed by atoms with Gasteiger partial charge in [-0.15, -0.1) is 0 Å². The van der Waals surface area contributed by atoms with E-state index in [0.29, 0.717) is 17.4 Å². The van der Waals surface area contributed by atoms with Gasteiger partial charge in [0.15, 0.2) is 5.90 Å². The summed E-state index contributed by atoms with van der Waals surface area (Å²) >= 11 is 0. The van der Waals surface area contributed by atoms with Gasteiger partial charge in [0.1, 0.15) is 5.41 Å². The molecule has 6 heteroatoms. The Morgan fingerprint density at radius 1 is 1.29 bits per heavy atom. The fourth-order valence-corrected chi connectivity index (χ4v) is 4.88. The Bertz CT molecular complexity index is 725. The molecule has 1 fully saturated rings. The van der Waals surface area contributed by atoms with E-state index in [-0.39, 0.29) is 23.8 Å². The van der Waals surface area contributed by atoms with E-state index in [1.54, 1.807) is 7.11 Å². The summed E-state index contributed by atoms with van der Waals surface area (Å²) in [4.78, 5) is 9.29. The van der Waals surface area contributed by atoms with Crippen LogP contribution in [0.25, 0.3) is 0 Å². The first-order chi connectivity index (χ1) is 10.1. The van der Waals surface area contributed by atoms with Crippen molar-refractivity contribution in [3.8, 4) is 12.1 Å². The average molecular weight is 282 g/mol. The van der Waals surface area contributed by atoms with Gasteiger partial charge < -0.3 is 9.47 Å². The molecule has 4 bridgehead atoms. The first-order valence-corrected chi connectivity index (χ1v) is 6.87. The number of methoxy groups -OCH3 is 2. The highest BCUT2D eigenvalue weighted by molar-refractivity contribution is 5.97.